The maximum Gasteiger partial charge on any atom is 0.418 e. The highest BCUT2D eigenvalue weighted by molar-refractivity contribution is 6.04. The molecule has 1 amide bonds. The summed E-state index contributed by atoms with van der Waals surface area (Å²) in [5.41, 5.74) is -3.35. The van der Waals surface area contributed by atoms with Gasteiger partial charge in [-0.15, -0.1) is 0 Å². The van der Waals surface area contributed by atoms with Crippen LogP contribution in [0.4, 0.5) is 24.5 Å². The largest absolute Gasteiger partial charge is 0.449 e. The van der Waals surface area contributed by atoms with E-state index >= 15 is 0 Å². The molecule has 0 saturated carbocycles. The first-order valence-electron chi connectivity index (χ1n) is 8.97. The van der Waals surface area contributed by atoms with Gasteiger partial charge in [0.05, 0.1) is 21.7 Å². The molecule has 0 aliphatic carbocycles. The zero-order chi connectivity index (χ0) is 23.6. The number of alkyl halides is 3. The second-order valence-electron chi connectivity index (χ2n) is 6.61. The number of nitrogens with one attached hydrogen (secondary N) is 2. The van der Waals surface area contributed by atoms with Crippen molar-refractivity contribution in [2.24, 2.45) is 0 Å². The molecule has 1 unspecified atom stereocenters. The summed E-state index contributed by atoms with van der Waals surface area (Å²) >= 11 is 0. The molecule has 0 aliphatic rings. The fraction of sp³-hybridized carbons (Fsp3) is 0.150. The van der Waals surface area contributed by atoms with E-state index in [1.807, 2.05) is 5.32 Å². The van der Waals surface area contributed by atoms with Gasteiger partial charge in [-0.3, -0.25) is 19.7 Å². The van der Waals surface area contributed by atoms with Crippen LogP contribution in [0.1, 0.15) is 22.8 Å². The number of ether oxygens (including phenoxy) is 1. The zero-order valence-corrected chi connectivity index (χ0v) is 16.2. The Kier molecular flexibility index (Phi) is 5.96. The summed E-state index contributed by atoms with van der Waals surface area (Å²) in [6.07, 6.45) is -6.53. The number of fused-ring (bicyclic) bond motifs is 1. The van der Waals surface area contributed by atoms with Crippen molar-refractivity contribution in [2.75, 3.05) is 5.32 Å². The van der Waals surface area contributed by atoms with Crippen LogP contribution in [0.15, 0.2) is 53.3 Å². The van der Waals surface area contributed by atoms with Crippen LogP contribution in [0.3, 0.4) is 0 Å². The van der Waals surface area contributed by atoms with Crippen molar-refractivity contribution in [3.63, 3.8) is 0 Å². The van der Waals surface area contributed by atoms with E-state index in [-0.39, 0.29) is 11.6 Å². The normalized spacial score (nSPS) is 12.2. The molecule has 166 valence electrons. The van der Waals surface area contributed by atoms with Gasteiger partial charge in [-0.25, -0.2) is 4.79 Å². The summed E-state index contributed by atoms with van der Waals surface area (Å²) in [5, 5.41) is 13.1. The van der Waals surface area contributed by atoms with E-state index in [4.69, 9.17) is 4.74 Å². The standard InChI is InChI=1S/C20H14F3N3O6/c1-10(32-19(29)13-9-17(27)24-15-5-3-2-4-12(13)15)18(28)25-16-7-6-11(26(30)31)8-14(16)20(21,22)23/h2-10H,1H3,(H,24,27)(H,25,28). The fourth-order valence-corrected chi connectivity index (χ4v) is 2.87. The Morgan fingerprint density at radius 1 is 1.16 bits per heavy atom. The Morgan fingerprint density at radius 3 is 2.50 bits per heavy atom. The Balaban J connectivity index is 1.83. The van der Waals surface area contributed by atoms with Gasteiger partial charge in [0.25, 0.3) is 11.6 Å². The van der Waals surface area contributed by atoms with E-state index in [2.05, 4.69) is 4.98 Å². The smallest absolute Gasteiger partial charge is 0.418 e. The number of benzene rings is 2. The number of nitrogens with zero attached hydrogens (tertiary/aromatic N) is 1. The predicted molar refractivity (Wildman–Crippen MR) is 106 cm³/mol. The lowest BCUT2D eigenvalue weighted by molar-refractivity contribution is -0.385. The lowest BCUT2D eigenvalue weighted by Crippen LogP contribution is -2.31. The number of carbonyl (C=O) groups excluding carboxylic acids is 2. The molecule has 12 heteroatoms. The van der Waals surface area contributed by atoms with Crippen molar-refractivity contribution in [3.8, 4) is 0 Å². The summed E-state index contributed by atoms with van der Waals surface area (Å²) < 4.78 is 44.8. The first-order chi connectivity index (χ1) is 15.0. The molecule has 0 fully saturated rings. The quantitative estimate of drug-likeness (QED) is 0.347. The maximum absolute atomic E-state index is 13.3. The second kappa shape index (κ2) is 8.49. The van der Waals surface area contributed by atoms with E-state index in [1.165, 1.54) is 0 Å². The molecule has 1 heterocycles. The summed E-state index contributed by atoms with van der Waals surface area (Å²) in [5.74, 6) is -2.14. The number of nitro groups is 1. The van der Waals surface area contributed by atoms with E-state index in [0.29, 0.717) is 10.9 Å². The second-order valence-corrected chi connectivity index (χ2v) is 6.61. The number of amides is 1. The molecule has 1 atom stereocenters. The number of anilines is 1. The first-order valence-corrected chi connectivity index (χ1v) is 8.97. The number of hydrogen-bond donors (Lipinski definition) is 2. The molecular weight excluding hydrogens is 435 g/mol. The molecule has 32 heavy (non-hydrogen) atoms. The van der Waals surface area contributed by atoms with Gasteiger partial charge in [-0.2, -0.15) is 13.2 Å². The van der Waals surface area contributed by atoms with Crippen LogP contribution >= 0.6 is 0 Å². The SMILES string of the molecule is CC(OC(=O)c1cc(=O)[nH]c2ccccc12)C(=O)Nc1ccc([N+](=O)[O-])cc1C(F)(F)F. The highest BCUT2D eigenvalue weighted by Gasteiger charge is 2.36. The number of halogens is 3. The molecule has 2 N–H and O–H groups in total. The molecule has 0 spiro atoms. The Morgan fingerprint density at radius 2 is 1.84 bits per heavy atom. The van der Waals surface area contributed by atoms with Gasteiger partial charge in [-0.1, -0.05) is 18.2 Å². The van der Waals surface area contributed by atoms with Gasteiger partial charge in [0.15, 0.2) is 6.10 Å². The third kappa shape index (κ3) is 4.74. The number of aromatic nitrogens is 1. The van der Waals surface area contributed by atoms with E-state index in [0.717, 1.165) is 25.1 Å². The number of pyridine rings is 1. The minimum absolute atomic E-state index is 0.129. The molecule has 0 saturated heterocycles. The molecule has 0 aliphatic heterocycles. The van der Waals surface area contributed by atoms with Crippen LogP contribution in [0.5, 0.6) is 0 Å². The van der Waals surface area contributed by atoms with Crippen LogP contribution < -0.4 is 10.9 Å². The van der Waals surface area contributed by atoms with E-state index in [1.54, 1.807) is 24.3 Å². The molecule has 0 radical (unpaired) electrons. The fourth-order valence-electron chi connectivity index (χ4n) is 2.87. The number of para-hydroxylation sites is 1. The van der Waals surface area contributed by atoms with Crippen LogP contribution in [0.2, 0.25) is 0 Å². The summed E-state index contributed by atoms with van der Waals surface area (Å²) in [4.78, 5) is 48.9. The van der Waals surface area contributed by atoms with Crippen molar-refractivity contribution in [2.45, 2.75) is 19.2 Å². The van der Waals surface area contributed by atoms with Crippen LogP contribution in [-0.2, 0) is 15.7 Å². The highest BCUT2D eigenvalue weighted by atomic mass is 19.4. The molecule has 2 aromatic carbocycles. The number of rotatable bonds is 5. The van der Waals surface area contributed by atoms with Crippen LogP contribution in [-0.4, -0.2) is 27.9 Å². The third-order valence-electron chi connectivity index (χ3n) is 4.40. The number of non-ortho nitro benzene ring substituents is 1. The minimum Gasteiger partial charge on any atom is -0.449 e. The zero-order valence-electron chi connectivity index (χ0n) is 16.2. The lowest BCUT2D eigenvalue weighted by atomic mass is 10.1. The number of aromatic amines is 1. The van der Waals surface area contributed by atoms with E-state index in [9.17, 15) is 37.7 Å². The van der Waals surface area contributed by atoms with E-state index < -0.39 is 51.6 Å². The number of esters is 1. The van der Waals surface area contributed by atoms with Crippen molar-refractivity contribution < 1.29 is 32.4 Å². The first kappa shape index (κ1) is 22.5. The van der Waals surface area contributed by atoms with Crippen LogP contribution in [0, 0.1) is 10.1 Å². The number of hydrogen-bond acceptors (Lipinski definition) is 6. The molecule has 1 aromatic heterocycles. The van der Waals surface area contributed by atoms with Crippen molar-refractivity contribution in [1.82, 2.24) is 4.98 Å². The third-order valence-corrected chi connectivity index (χ3v) is 4.40. The average molecular weight is 449 g/mol. The topological polar surface area (TPSA) is 131 Å². The van der Waals surface area contributed by atoms with Crippen molar-refractivity contribution >= 4 is 34.2 Å². The van der Waals surface area contributed by atoms with Crippen LogP contribution in [0.25, 0.3) is 10.9 Å². The van der Waals surface area contributed by atoms with Crippen molar-refractivity contribution in [1.29, 1.82) is 0 Å². The summed E-state index contributed by atoms with van der Waals surface area (Å²) in [6.45, 7) is 1.13. The van der Waals surface area contributed by atoms with Crippen molar-refractivity contribution in [3.05, 3.63) is 80.1 Å². The van der Waals surface area contributed by atoms with Gasteiger partial charge in [-0.05, 0) is 19.1 Å². The van der Waals surface area contributed by atoms with Gasteiger partial charge in [0.1, 0.15) is 0 Å². The monoisotopic (exact) mass is 449 g/mol. The Bertz CT molecular complexity index is 1290. The molecule has 9 nitrogen and oxygen atoms in total. The molecular formula is C20H14F3N3O6. The average Bonchev–Trinajstić information content (AvgIpc) is 2.72. The summed E-state index contributed by atoms with van der Waals surface area (Å²) in [6, 6.07) is 9.13. The lowest BCUT2D eigenvalue weighted by Gasteiger charge is -2.17. The number of nitro benzene ring substituents is 1. The Hall–Kier alpha value is -4.22. The number of carbonyl (C=O) groups is 2. The molecule has 0 bridgehead atoms. The highest BCUT2D eigenvalue weighted by Crippen LogP contribution is 2.37. The number of H-pyrrole nitrogens is 1. The van der Waals surface area contributed by atoms with Gasteiger partial charge >= 0.3 is 12.1 Å². The van der Waals surface area contributed by atoms with Gasteiger partial charge in [0, 0.05) is 29.1 Å². The molecule has 3 rings (SSSR count). The van der Waals surface area contributed by atoms with Gasteiger partial charge in [0.2, 0.25) is 5.56 Å². The van der Waals surface area contributed by atoms with Gasteiger partial charge < -0.3 is 15.0 Å². The Labute approximate surface area is 177 Å². The maximum atomic E-state index is 13.3. The summed E-state index contributed by atoms with van der Waals surface area (Å²) in [7, 11) is 0. The minimum atomic E-state index is -4.99. The molecule has 3 aromatic rings. The predicted octanol–water partition coefficient (Wildman–Crippen LogP) is 3.64.